The molecule has 1 rings (SSSR count). The molecule has 2 N–H and O–H groups in total. The molecular weight excluding hydrogens is 194 g/mol. The Morgan fingerprint density at radius 1 is 1.29 bits per heavy atom. The fourth-order valence-electron chi connectivity index (χ4n) is 1.23. The van der Waals surface area contributed by atoms with Crippen LogP contribution in [0.3, 0.4) is 0 Å². The minimum atomic E-state index is -0.930. The number of hydrogen-bond acceptors (Lipinski definition) is 2. The molecule has 14 heavy (non-hydrogen) atoms. The molecule has 1 unspecified atom stereocenters. The molecule has 0 aliphatic heterocycles. The summed E-state index contributed by atoms with van der Waals surface area (Å²) in [4.78, 5) is 0.875. The van der Waals surface area contributed by atoms with Gasteiger partial charge in [0.2, 0.25) is 0 Å². The molecule has 2 nitrogen and oxygen atoms in total. The molecule has 0 spiro atoms. The highest BCUT2D eigenvalue weighted by Gasteiger charge is 2.03. The second-order valence-electron chi connectivity index (χ2n) is 3.56. The third-order valence-electron chi connectivity index (χ3n) is 2.11. The van der Waals surface area contributed by atoms with Gasteiger partial charge in [0.1, 0.15) is 0 Å². The number of nitrogens with two attached hydrogens (primary N) is 1. The first-order valence-corrected chi connectivity index (χ1v) is 6.15. The Labute approximate surface area is 88.0 Å². The van der Waals surface area contributed by atoms with Gasteiger partial charge in [0, 0.05) is 17.2 Å². The first kappa shape index (κ1) is 11.4. The fourth-order valence-corrected chi connectivity index (χ4v) is 2.12. The Morgan fingerprint density at radius 3 is 2.29 bits per heavy atom. The smallest absolute Gasteiger partial charge is 0.0542 e. The van der Waals surface area contributed by atoms with Crippen molar-refractivity contribution in [3.63, 3.8) is 0 Å². The molecule has 0 aliphatic rings. The highest BCUT2D eigenvalue weighted by molar-refractivity contribution is 7.85. The van der Waals surface area contributed by atoms with E-state index >= 15 is 0 Å². The van der Waals surface area contributed by atoms with E-state index in [0.717, 1.165) is 4.90 Å². The van der Waals surface area contributed by atoms with Gasteiger partial charge in [-0.15, -0.1) is 0 Å². The van der Waals surface area contributed by atoms with Crippen molar-refractivity contribution in [2.75, 3.05) is 12.3 Å². The zero-order valence-electron chi connectivity index (χ0n) is 8.69. The van der Waals surface area contributed by atoms with Gasteiger partial charge in [-0.1, -0.05) is 26.0 Å². The van der Waals surface area contributed by atoms with Crippen molar-refractivity contribution in [1.29, 1.82) is 0 Å². The van der Waals surface area contributed by atoms with Crippen LogP contribution >= 0.6 is 0 Å². The van der Waals surface area contributed by atoms with Crippen LogP contribution in [0.2, 0.25) is 0 Å². The molecule has 0 bridgehead atoms. The summed E-state index contributed by atoms with van der Waals surface area (Å²) in [6.45, 7) is 4.76. The Hall–Kier alpha value is -0.670. The molecule has 1 aromatic carbocycles. The number of rotatable bonds is 4. The first-order chi connectivity index (χ1) is 6.65. The van der Waals surface area contributed by atoms with E-state index in [9.17, 15) is 4.21 Å². The molecule has 0 amide bonds. The van der Waals surface area contributed by atoms with E-state index < -0.39 is 10.8 Å². The van der Waals surface area contributed by atoms with Crippen LogP contribution in [0, 0.1) is 0 Å². The van der Waals surface area contributed by atoms with Crippen LogP contribution in [0.4, 0.5) is 0 Å². The van der Waals surface area contributed by atoms with Crippen LogP contribution in [0.15, 0.2) is 29.2 Å². The monoisotopic (exact) mass is 211 g/mol. The maximum atomic E-state index is 11.6. The molecule has 1 atom stereocenters. The predicted octanol–water partition coefficient (Wildman–Crippen LogP) is 1.88. The van der Waals surface area contributed by atoms with E-state index in [-0.39, 0.29) is 0 Å². The second kappa shape index (κ2) is 5.27. The summed E-state index contributed by atoms with van der Waals surface area (Å²) in [5.74, 6) is 1.06. The Morgan fingerprint density at radius 2 is 1.86 bits per heavy atom. The zero-order valence-corrected chi connectivity index (χ0v) is 9.51. The van der Waals surface area contributed by atoms with Gasteiger partial charge in [0.25, 0.3) is 0 Å². The highest BCUT2D eigenvalue weighted by Crippen LogP contribution is 2.16. The summed E-state index contributed by atoms with van der Waals surface area (Å²) in [6, 6.07) is 7.94. The average molecular weight is 211 g/mol. The molecule has 0 saturated carbocycles. The van der Waals surface area contributed by atoms with Crippen LogP contribution < -0.4 is 5.73 Å². The standard InChI is InChI=1S/C11H17NOS/c1-9(2)10-3-5-11(6-4-10)14(13)8-7-12/h3-6,9H,7-8,12H2,1-2H3. The normalized spacial score (nSPS) is 13.1. The molecule has 0 saturated heterocycles. The molecule has 0 aromatic heterocycles. The minimum absolute atomic E-state index is 0.471. The van der Waals surface area contributed by atoms with E-state index in [1.54, 1.807) is 0 Å². The topological polar surface area (TPSA) is 43.1 Å². The van der Waals surface area contributed by atoms with Crippen LogP contribution in [-0.4, -0.2) is 16.5 Å². The van der Waals surface area contributed by atoms with Crippen molar-refractivity contribution < 1.29 is 4.21 Å². The fraction of sp³-hybridized carbons (Fsp3) is 0.455. The van der Waals surface area contributed by atoms with Crippen molar-refractivity contribution in [2.45, 2.75) is 24.7 Å². The maximum absolute atomic E-state index is 11.6. The van der Waals surface area contributed by atoms with Gasteiger partial charge in [0.15, 0.2) is 0 Å². The number of benzene rings is 1. The summed E-state index contributed by atoms with van der Waals surface area (Å²) >= 11 is 0. The summed E-state index contributed by atoms with van der Waals surface area (Å²) in [7, 11) is -0.930. The lowest BCUT2D eigenvalue weighted by Gasteiger charge is -2.06. The summed E-state index contributed by atoms with van der Waals surface area (Å²) in [5, 5.41) is 0. The van der Waals surface area contributed by atoms with E-state index in [1.165, 1.54) is 5.56 Å². The summed E-state index contributed by atoms with van der Waals surface area (Å²) < 4.78 is 11.6. The molecule has 1 aromatic rings. The molecule has 0 heterocycles. The van der Waals surface area contributed by atoms with Crippen molar-refractivity contribution in [1.82, 2.24) is 0 Å². The SMILES string of the molecule is CC(C)c1ccc(S(=O)CCN)cc1. The number of hydrogen-bond donors (Lipinski definition) is 1. The van der Waals surface area contributed by atoms with Crippen molar-refractivity contribution >= 4 is 10.8 Å². The molecule has 0 fully saturated rings. The lowest BCUT2D eigenvalue weighted by Crippen LogP contribution is -2.10. The molecule has 78 valence electrons. The van der Waals surface area contributed by atoms with Crippen LogP contribution in [0.5, 0.6) is 0 Å². The predicted molar refractivity (Wildman–Crippen MR) is 60.9 cm³/mol. The summed E-state index contributed by atoms with van der Waals surface area (Å²) in [6.07, 6.45) is 0. The average Bonchev–Trinajstić information content (AvgIpc) is 2.18. The molecule has 0 aliphatic carbocycles. The third-order valence-corrected chi connectivity index (χ3v) is 3.52. The lowest BCUT2D eigenvalue weighted by molar-refractivity contribution is 0.682. The third kappa shape index (κ3) is 2.93. The van der Waals surface area contributed by atoms with Crippen LogP contribution in [-0.2, 0) is 10.8 Å². The second-order valence-corrected chi connectivity index (χ2v) is 5.13. The minimum Gasteiger partial charge on any atom is -0.330 e. The Kier molecular flexibility index (Phi) is 4.29. The largest absolute Gasteiger partial charge is 0.330 e. The van der Waals surface area contributed by atoms with Gasteiger partial charge in [-0.3, -0.25) is 4.21 Å². The molecular formula is C11H17NOS. The van der Waals surface area contributed by atoms with Gasteiger partial charge in [-0.25, -0.2) is 0 Å². The van der Waals surface area contributed by atoms with Crippen molar-refractivity contribution in [2.24, 2.45) is 5.73 Å². The Bertz CT molecular complexity index is 306. The van der Waals surface area contributed by atoms with Crippen LogP contribution in [0.25, 0.3) is 0 Å². The van der Waals surface area contributed by atoms with E-state index in [0.29, 0.717) is 18.2 Å². The van der Waals surface area contributed by atoms with E-state index in [4.69, 9.17) is 5.73 Å². The quantitative estimate of drug-likeness (QED) is 0.826. The van der Waals surface area contributed by atoms with Gasteiger partial charge in [-0.05, 0) is 23.6 Å². The van der Waals surface area contributed by atoms with Gasteiger partial charge < -0.3 is 5.73 Å². The zero-order chi connectivity index (χ0) is 10.6. The summed E-state index contributed by atoms with van der Waals surface area (Å²) in [5.41, 5.74) is 6.63. The maximum Gasteiger partial charge on any atom is 0.0542 e. The van der Waals surface area contributed by atoms with Crippen molar-refractivity contribution in [3.8, 4) is 0 Å². The van der Waals surface area contributed by atoms with Gasteiger partial charge >= 0.3 is 0 Å². The highest BCUT2D eigenvalue weighted by atomic mass is 32.2. The van der Waals surface area contributed by atoms with E-state index in [1.807, 2.05) is 24.3 Å². The van der Waals surface area contributed by atoms with E-state index in [2.05, 4.69) is 13.8 Å². The molecule has 3 heteroatoms. The van der Waals surface area contributed by atoms with Crippen molar-refractivity contribution in [3.05, 3.63) is 29.8 Å². The lowest BCUT2D eigenvalue weighted by atomic mass is 10.0. The van der Waals surface area contributed by atoms with Gasteiger partial charge in [0.05, 0.1) is 10.8 Å². The first-order valence-electron chi connectivity index (χ1n) is 4.83. The Balaban J connectivity index is 2.78. The molecule has 0 radical (unpaired) electrons. The van der Waals surface area contributed by atoms with Crippen LogP contribution in [0.1, 0.15) is 25.3 Å². The van der Waals surface area contributed by atoms with Gasteiger partial charge in [-0.2, -0.15) is 0 Å².